The summed E-state index contributed by atoms with van der Waals surface area (Å²) in [6.07, 6.45) is 2.44. The van der Waals surface area contributed by atoms with Crippen LogP contribution in [0, 0.1) is 12.8 Å². The highest BCUT2D eigenvalue weighted by Crippen LogP contribution is 2.33. The molecule has 2 aromatic heterocycles. The number of aryl methyl sites for hydroxylation is 2. The Hall–Kier alpha value is -2.03. The zero-order chi connectivity index (χ0) is 15.1. The standard InChI is InChI=1S/C13H20N8O/c1-9-14-15-12(22-9)8-20-6-10-4-3-5-21(11(10)7-20)13-16-17-18-19(13)2/h10-11H,3-8H2,1-2H3. The first-order valence-electron chi connectivity index (χ1n) is 7.71. The number of hydrogen-bond acceptors (Lipinski definition) is 8. The Balaban J connectivity index is 1.50. The molecule has 2 aliphatic rings. The van der Waals surface area contributed by atoms with Crippen LogP contribution in [0.5, 0.6) is 0 Å². The molecule has 0 aliphatic carbocycles. The predicted molar refractivity (Wildman–Crippen MR) is 77.0 cm³/mol. The van der Waals surface area contributed by atoms with Gasteiger partial charge in [0.2, 0.25) is 17.7 Å². The van der Waals surface area contributed by atoms with E-state index in [9.17, 15) is 0 Å². The van der Waals surface area contributed by atoms with Crippen LogP contribution >= 0.6 is 0 Å². The first kappa shape index (κ1) is 13.6. The van der Waals surface area contributed by atoms with E-state index in [1.165, 1.54) is 12.8 Å². The van der Waals surface area contributed by atoms with E-state index in [-0.39, 0.29) is 0 Å². The maximum atomic E-state index is 5.50. The highest BCUT2D eigenvalue weighted by Gasteiger charge is 2.40. The molecule has 22 heavy (non-hydrogen) atoms. The Morgan fingerprint density at radius 1 is 1.23 bits per heavy atom. The lowest BCUT2D eigenvalue weighted by atomic mass is 9.92. The normalized spacial score (nSPS) is 25.6. The predicted octanol–water partition coefficient (Wildman–Crippen LogP) is 0.00232. The molecule has 0 N–H and O–H groups in total. The molecule has 0 aromatic carbocycles. The molecular weight excluding hydrogens is 284 g/mol. The van der Waals surface area contributed by atoms with Gasteiger partial charge in [0, 0.05) is 39.6 Å². The molecule has 0 amide bonds. The summed E-state index contributed by atoms with van der Waals surface area (Å²) >= 11 is 0. The van der Waals surface area contributed by atoms with Crippen LogP contribution in [0.25, 0.3) is 0 Å². The minimum absolute atomic E-state index is 0.461. The number of aromatic nitrogens is 6. The van der Waals surface area contributed by atoms with Crippen LogP contribution in [0.15, 0.2) is 4.42 Å². The van der Waals surface area contributed by atoms with Gasteiger partial charge in [0.1, 0.15) is 0 Å². The molecule has 0 saturated carbocycles. The molecule has 0 spiro atoms. The summed E-state index contributed by atoms with van der Waals surface area (Å²) in [5.41, 5.74) is 0. The number of likely N-dealkylation sites (tertiary alicyclic amines) is 1. The van der Waals surface area contributed by atoms with Crippen molar-refractivity contribution in [1.82, 2.24) is 35.3 Å². The van der Waals surface area contributed by atoms with E-state index in [0.717, 1.165) is 32.1 Å². The highest BCUT2D eigenvalue weighted by atomic mass is 16.4. The van der Waals surface area contributed by atoms with Crippen molar-refractivity contribution in [3.63, 3.8) is 0 Å². The van der Waals surface area contributed by atoms with Crippen LogP contribution < -0.4 is 4.90 Å². The average molecular weight is 304 g/mol. The molecule has 118 valence electrons. The van der Waals surface area contributed by atoms with Crippen molar-refractivity contribution in [2.45, 2.75) is 32.4 Å². The summed E-state index contributed by atoms with van der Waals surface area (Å²) < 4.78 is 7.26. The fourth-order valence-electron chi connectivity index (χ4n) is 3.71. The molecule has 9 nitrogen and oxygen atoms in total. The van der Waals surface area contributed by atoms with Crippen molar-refractivity contribution in [3.05, 3.63) is 11.8 Å². The molecule has 2 atom stereocenters. The van der Waals surface area contributed by atoms with Gasteiger partial charge in [-0.2, -0.15) is 0 Å². The minimum Gasteiger partial charge on any atom is -0.424 e. The topological polar surface area (TPSA) is 89.0 Å². The Kier molecular flexibility index (Phi) is 3.29. The molecular formula is C13H20N8O. The van der Waals surface area contributed by atoms with E-state index < -0.39 is 0 Å². The third-order valence-electron chi connectivity index (χ3n) is 4.64. The molecule has 4 heterocycles. The number of anilines is 1. The smallest absolute Gasteiger partial charge is 0.245 e. The third-order valence-corrected chi connectivity index (χ3v) is 4.64. The SMILES string of the molecule is Cc1nnc(CN2CC3CCCN(c4nnnn4C)C3C2)o1. The molecule has 9 heteroatoms. The maximum absolute atomic E-state index is 5.50. The first-order chi connectivity index (χ1) is 10.7. The van der Waals surface area contributed by atoms with E-state index >= 15 is 0 Å². The zero-order valence-corrected chi connectivity index (χ0v) is 12.9. The quantitative estimate of drug-likeness (QED) is 0.783. The Bertz CT molecular complexity index is 652. The van der Waals surface area contributed by atoms with Crippen molar-refractivity contribution in [1.29, 1.82) is 0 Å². The van der Waals surface area contributed by atoms with Gasteiger partial charge in [-0.15, -0.1) is 10.2 Å². The number of piperidine rings is 1. The molecule has 0 bridgehead atoms. The number of tetrazole rings is 1. The van der Waals surface area contributed by atoms with Gasteiger partial charge in [0.05, 0.1) is 6.54 Å². The second-order valence-corrected chi connectivity index (χ2v) is 6.17. The fraction of sp³-hybridized carbons (Fsp3) is 0.769. The molecule has 2 aromatic rings. The van der Waals surface area contributed by atoms with Crippen LogP contribution in [0.1, 0.15) is 24.6 Å². The number of fused-ring (bicyclic) bond motifs is 1. The Labute approximate surface area is 128 Å². The van der Waals surface area contributed by atoms with Crippen LogP contribution in [0.2, 0.25) is 0 Å². The van der Waals surface area contributed by atoms with Crippen LogP contribution in [0.4, 0.5) is 5.95 Å². The Morgan fingerprint density at radius 3 is 2.86 bits per heavy atom. The summed E-state index contributed by atoms with van der Waals surface area (Å²) in [6.45, 7) is 5.61. The molecule has 2 saturated heterocycles. The summed E-state index contributed by atoms with van der Waals surface area (Å²) in [6, 6.07) is 0.461. The number of rotatable bonds is 3. The lowest BCUT2D eigenvalue weighted by Gasteiger charge is -2.36. The zero-order valence-electron chi connectivity index (χ0n) is 12.9. The lowest BCUT2D eigenvalue weighted by molar-refractivity contribution is 0.276. The van der Waals surface area contributed by atoms with Crippen molar-refractivity contribution in [2.24, 2.45) is 13.0 Å². The van der Waals surface area contributed by atoms with Crippen molar-refractivity contribution >= 4 is 5.95 Å². The minimum atomic E-state index is 0.461. The van der Waals surface area contributed by atoms with Crippen LogP contribution in [-0.4, -0.2) is 61.0 Å². The third kappa shape index (κ3) is 2.35. The monoisotopic (exact) mass is 304 g/mol. The molecule has 2 fully saturated rings. The fourth-order valence-corrected chi connectivity index (χ4v) is 3.71. The van der Waals surface area contributed by atoms with Gasteiger partial charge in [-0.1, -0.05) is 5.10 Å². The molecule has 0 radical (unpaired) electrons. The number of nitrogens with zero attached hydrogens (tertiary/aromatic N) is 8. The van der Waals surface area contributed by atoms with Crippen molar-refractivity contribution in [3.8, 4) is 0 Å². The highest BCUT2D eigenvalue weighted by molar-refractivity contribution is 5.32. The number of hydrogen-bond donors (Lipinski definition) is 0. The van der Waals surface area contributed by atoms with Gasteiger partial charge in [0.25, 0.3) is 0 Å². The van der Waals surface area contributed by atoms with Crippen LogP contribution in [0.3, 0.4) is 0 Å². The van der Waals surface area contributed by atoms with Gasteiger partial charge >= 0.3 is 0 Å². The molecule has 2 unspecified atom stereocenters. The van der Waals surface area contributed by atoms with Gasteiger partial charge in [0.15, 0.2) is 0 Å². The average Bonchev–Trinajstić information content (AvgIpc) is 3.19. The van der Waals surface area contributed by atoms with Crippen LogP contribution in [-0.2, 0) is 13.6 Å². The van der Waals surface area contributed by atoms with Gasteiger partial charge in [-0.05, 0) is 29.2 Å². The van der Waals surface area contributed by atoms with E-state index in [4.69, 9.17) is 4.42 Å². The Morgan fingerprint density at radius 2 is 2.14 bits per heavy atom. The van der Waals surface area contributed by atoms with Gasteiger partial charge in [-0.25, -0.2) is 4.68 Å². The summed E-state index contributed by atoms with van der Waals surface area (Å²) in [5.74, 6) is 2.83. The summed E-state index contributed by atoms with van der Waals surface area (Å²) in [7, 11) is 1.90. The lowest BCUT2D eigenvalue weighted by Crippen LogP contribution is -2.46. The second-order valence-electron chi connectivity index (χ2n) is 6.17. The summed E-state index contributed by atoms with van der Waals surface area (Å²) in [4.78, 5) is 4.75. The molecule has 4 rings (SSSR count). The van der Waals surface area contributed by atoms with E-state index in [1.807, 2.05) is 14.0 Å². The van der Waals surface area contributed by atoms with E-state index in [2.05, 4.69) is 35.5 Å². The summed E-state index contributed by atoms with van der Waals surface area (Å²) in [5, 5.41) is 19.9. The van der Waals surface area contributed by atoms with Gasteiger partial charge in [-0.3, -0.25) is 4.90 Å². The van der Waals surface area contributed by atoms with Crippen molar-refractivity contribution < 1.29 is 4.42 Å². The van der Waals surface area contributed by atoms with E-state index in [0.29, 0.717) is 23.7 Å². The van der Waals surface area contributed by atoms with Gasteiger partial charge < -0.3 is 9.32 Å². The second kappa shape index (κ2) is 5.31. The largest absolute Gasteiger partial charge is 0.424 e. The molecule has 2 aliphatic heterocycles. The van der Waals surface area contributed by atoms with Crippen molar-refractivity contribution in [2.75, 3.05) is 24.5 Å². The van der Waals surface area contributed by atoms with E-state index in [1.54, 1.807) is 4.68 Å². The maximum Gasteiger partial charge on any atom is 0.245 e. The first-order valence-corrected chi connectivity index (χ1v) is 7.71.